The van der Waals surface area contributed by atoms with Crippen molar-refractivity contribution in [1.29, 1.82) is 0 Å². The van der Waals surface area contributed by atoms with E-state index in [0.29, 0.717) is 0 Å². The Morgan fingerprint density at radius 1 is 1.56 bits per heavy atom. The molecule has 6 heteroatoms. The van der Waals surface area contributed by atoms with Crippen molar-refractivity contribution in [2.24, 2.45) is 0 Å². The van der Waals surface area contributed by atoms with Crippen LogP contribution in [0.5, 0.6) is 0 Å². The van der Waals surface area contributed by atoms with Crippen molar-refractivity contribution in [1.82, 2.24) is 5.32 Å². The summed E-state index contributed by atoms with van der Waals surface area (Å²) in [5, 5.41) is 11.5. The molecule has 0 aromatic carbocycles. The molecule has 0 aliphatic heterocycles. The second kappa shape index (κ2) is 7.10. The third kappa shape index (κ3) is 4.44. The van der Waals surface area contributed by atoms with Crippen LogP contribution in [0.25, 0.3) is 0 Å². The normalized spacial score (nSPS) is 12.1. The molecule has 0 spiro atoms. The monoisotopic (exact) mass is 271 g/mol. The number of carbonyl (C=O) groups is 2. The third-order valence-electron chi connectivity index (χ3n) is 2.35. The van der Waals surface area contributed by atoms with Crippen LogP contribution in [0.1, 0.15) is 41.2 Å². The van der Waals surface area contributed by atoms with Gasteiger partial charge < -0.3 is 14.8 Å². The van der Waals surface area contributed by atoms with Gasteiger partial charge in [-0.25, -0.2) is 4.79 Å². The molecule has 5 nitrogen and oxygen atoms in total. The summed E-state index contributed by atoms with van der Waals surface area (Å²) in [4.78, 5) is 22.4. The number of carboxylic acids is 1. The number of hydrogen-bond acceptors (Lipinski definition) is 4. The molecule has 0 saturated heterocycles. The number of amides is 1. The highest BCUT2D eigenvalue weighted by atomic mass is 32.2. The Hall–Kier alpha value is -1.43. The topological polar surface area (TPSA) is 79.5 Å². The van der Waals surface area contributed by atoms with Crippen molar-refractivity contribution in [3.05, 3.63) is 23.7 Å². The van der Waals surface area contributed by atoms with Crippen LogP contribution < -0.4 is 5.32 Å². The second-order valence-electron chi connectivity index (χ2n) is 3.86. The third-order valence-corrected chi connectivity index (χ3v) is 3.28. The van der Waals surface area contributed by atoms with E-state index in [2.05, 4.69) is 12.2 Å². The molecule has 1 amide bonds. The smallest absolute Gasteiger partial charge is 0.338 e. The predicted octanol–water partition coefficient (Wildman–Crippen LogP) is 2.24. The zero-order valence-electron chi connectivity index (χ0n) is 10.4. The largest absolute Gasteiger partial charge is 0.478 e. The zero-order valence-corrected chi connectivity index (χ0v) is 11.3. The molecule has 0 radical (unpaired) electrons. The van der Waals surface area contributed by atoms with Gasteiger partial charge in [-0.2, -0.15) is 11.8 Å². The van der Waals surface area contributed by atoms with Crippen LogP contribution in [-0.2, 0) is 0 Å². The van der Waals surface area contributed by atoms with Crippen LogP contribution >= 0.6 is 11.8 Å². The van der Waals surface area contributed by atoms with E-state index in [9.17, 15) is 9.59 Å². The van der Waals surface area contributed by atoms with E-state index in [-0.39, 0.29) is 23.3 Å². The fourth-order valence-electron chi connectivity index (χ4n) is 1.34. The fourth-order valence-corrected chi connectivity index (χ4v) is 2.15. The second-order valence-corrected chi connectivity index (χ2v) is 5.26. The van der Waals surface area contributed by atoms with Gasteiger partial charge in [0.15, 0.2) is 5.76 Å². The number of thioether (sulfide) groups is 1. The highest BCUT2D eigenvalue weighted by molar-refractivity contribution is 7.99. The Morgan fingerprint density at radius 2 is 2.28 bits per heavy atom. The molecule has 0 bridgehead atoms. The van der Waals surface area contributed by atoms with E-state index in [0.717, 1.165) is 24.2 Å². The first-order valence-electron chi connectivity index (χ1n) is 5.75. The van der Waals surface area contributed by atoms with Gasteiger partial charge in [0, 0.05) is 12.1 Å². The summed E-state index contributed by atoms with van der Waals surface area (Å²) in [5.74, 6) is 0.584. The van der Waals surface area contributed by atoms with Crippen molar-refractivity contribution in [3.8, 4) is 0 Å². The quantitative estimate of drug-likeness (QED) is 0.743. The molecule has 0 aliphatic rings. The minimum atomic E-state index is -1.11. The lowest BCUT2D eigenvalue weighted by molar-refractivity contribution is 0.0695. The molecule has 0 saturated carbocycles. The molecule has 1 unspecified atom stereocenters. The summed E-state index contributed by atoms with van der Waals surface area (Å²) < 4.78 is 4.92. The van der Waals surface area contributed by atoms with Crippen LogP contribution in [0.3, 0.4) is 0 Å². The summed E-state index contributed by atoms with van der Waals surface area (Å²) in [6.45, 7) is 4.00. The molecular weight excluding hydrogens is 254 g/mol. The van der Waals surface area contributed by atoms with Crippen LogP contribution in [0.4, 0.5) is 0 Å². The number of carboxylic acid groups (broad SMARTS) is 1. The Labute approximate surface area is 110 Å². The number of carbonyl (C=O) groups excluding carboxylic acids is 1. The Kier molecular flexibility index (Phi) is 5.77. The van der Waals surface area contributed by atoms with Crippen molar-refractivity contribution in [2.75, 3.05) is 11.5 Å². The van der Waals surface area contributed by atoms with E-state index in [1.165, 1.54) is 6.07 Å². The van der Waals surface area contributed by atoms with Gasteiger partial charge in [-0.3, -0.25) is 4.79 Å². The first-order chi connectivity index (χ1) is 8.54. The molecule has 0 aliphatic carbocycles. The van der Waals surface area contributed by atoms with Gasteiger partial charge in [-0.05, 0) is 24.9 Å². The molecule has 1 heterocycles. The molecule has 1 aromatic heterocycles. The van der Waals surface area contributed by atoms with E-state index in [1.807, 2.05) is 18.7 Å². The van der Waals surface area contributed by atoms with Gasteiger partial charge in [0.05, 0.1) is 5.56 Å². The van der Waals surface area contributed by atoms with E-state index in [4.69, 9.17) is 9.52 Å². The fraction of sp³-hybridized carbons (Fsp3) is 0.500. The predicted molar refractivity (Wildman–Crippen MR) is 70.2 cm³/mol. The SMILES string of the molecule is CCSCCC(C)NC(=O)c1cc(C(=O)O)co1. The van der Waals surface area contributed by atoms with E-state index < -0.39 is 5.97 Å². The number of nitrogens with one attached hydrogen (secondary N) is 1. The summed E-state index contributed by atoms with van der Waals surface area (Å²) in [6.07, 6.45) is 1.94. The van der Waals surface area contributed by atoms with Crippen LogP contribution in [0.2, 0.25) is 0 Å². The Bertz CT molecular complexity index is 416. The van der Waals surface area contributed by atoms with Crippen LogP contribution in [0.15, 0.2) is 16.7 Å². The van der Waals surface area contributed by atoms with Gasteiger partial charge in [-0.15, -0.1) is 0 Å². The number of furan rings is 1. The van der Waals surface area contributed by atoms with E-state index >= 15 is 0 Å². The Balaban J connectivity index is 2.46. The lowest BCUT2D eigenvalue weighted by Gasteiger charge is -2.11. The standard InChI is InChI=1S/C12H17NO4S/c1-3-18-5-4-8(2)13-11(14)10-6-9(7-17-10)12(15)16/h6-8H,3-5H2,1-2H3,(H,13,14)(H,15,16). The first-order valence-corrected chi connectivity index (χ1v) is 6.90. The van der Waals surface area contributed by atoms with Crippen molar-refractivity contribution < 1.29 is 19.1 Å². The first kappa shape index (κ1) is 14.6. The van der Waals surface area contributed by atoms with Crippen LogP contribution in [-0.4, -0.2) is 34.5 Å². The maximum atomic E-state index is 11.7. The number of hydrogen-bond donors (Lipinski definition) is 2. The number of rotatable bonds is 7. The van der Waals surface area contributed by atoms with Gasteiger partial charge in [0.25, 0.3) is 5.91 Å². The summed E-state index contributed by atoms with van der Waals surface area (Å²) in [7, 11) is 0. The minimum Gasteiger partial charge on any atom is -0.478 e. The summed E-state index contributed by atoms with van der Waals surface area (Å²) in [6, 6.07) is 1.26. The summed E-state index contributed by atoms with van der Waals surface area (Å²) >= 11 is 1.81. The lowest BCUT2D eigenvalue weighted by Crippen LogP contribution is -2.32. The molecule has 1 rings (SSSR count). The molecule has 1 atom stereocenters. The zero-order chi connectivity index (χ0) is 13.5. The van der Waals surface area contributed by atoms with Gasteiger partial charge in [-0.1, -0.05) is 6.92 Å². The highest BCUT2D eigenvalue weighted by Crippen LogP contribution is 2.09. The number of aromatic carboxylic acids is 1. The average molecular weight is 271 g/mol. The molecule has 2 N–H and O–H groups in total. The van der Waals surface area contributed by atoms with Crippen molar-refractivity contribution in [2.45, 2.75) is 26.3 Å². The highest BCUT2D eigenvalue weighted by Gasteiger charge is 2.16. The van der Waals surface area contributed by atoms with Gasteiger partial charge in [0.2, 0.25) is 0 Å². The van der Waals surface area contributed by atoms with Gasteiger partial charge in [0.1, 0.15) is 6.26 Å². The molecule has 0 fully saturated rings. The summed E-state index contributed by atoms with van der Waals surface area (Å²) in [5.41, 5.74) is -0.0191. The maximum absolute atomic E-state index is 11.7. The van der Waals surface area contributed by atoms with Gasteiger partial charge >= 0.3 is 5.97 Å². The van der Waals surface area contributed by atoms with Crippen molar-refractivity contribution in [3.63, 3.8) is 0 Å². The average Bonchev–Trinajstić information content (AvgIpc) is 2.78. The van der Waals surface area contributed by atoms with Crippen LogP contribution in [0, 0.1) is 0 Å². The minimum absolute atomic E-state index is 0.0191. The molecule has 100 valence electrons. The molecular formula is C12H17NO4S. The lowest BCUT2D eigenvalue weighted by atomic mass is 10.2. The molecule has 1 aromatic rings. The van der Waals surface area contributed by atoms with Crippen molar-refractivity contribution >= 4 is 23.6 Å². The Morgan fingerprint density at radius 3 is 2.83 bits per heavy atom. The molecule has 18 heavy (non-hydrogen) atoms. The maximum Gasteiger partial charge on any atom is 0.338 e. The van der Waals surface area contributed by atoms with E-state index in [1.54, 1.807) is 0 Å².